The number of nitrogens with one attached hydrogen (secondary N) is 2. The first-order chi connectivity index (χ1) is 13.0. The minimum atomic E-state index is -1.07. The number of benzene rings is 1. The van der Waals surface area contributed by atoms with Gasteiger partial charge < -0.3 is 14.6 Å². The summed E-state index contributed by atoms with van der Waals surface area (Å²) >= 11 is 0. The number of para-hydroxylation sites is 1. The normalized spacial score (nSPS) is 15.5. The van der Waals surface area contributed by atoms with Gasteiger partial charge >= 0.3 is 12.0 Å². The summed E-state index contributed by atoms with van der Waals surface area (Å²) in [6.07, 6.45) is 4.66. The SMILES string of the molecule is CCn1cc(C(=O)OC(C)C(=O)NC(=O)NC2CCCC2)c2ccccc21. The molecule has 1 aliphatic carbocycles. The van der Waals surface area contributed by atoms with Crippen LogP contribution in [0.25, 0.3) is 10.9 Å². The molecule has 1 saturated carbocycles. The lowest BCUT2D eigenvalue weighted by atomic mass is 10.2. The Morgan fingerprint density at radius 3 is 2.63 bits per heavy atom. The van der Waals surface area contributed by atoms with Crippen LogP contribution in [0.3, 0.4) is 0 Å². The number of esters is 1. The fraction of sp³-hybridized carbons (Fsp3) is 0.450. The number of aryl methyl sites for hydroxylation is 1. The van der Waals surface area contributed by atoms with E-state index in [0.29, 0.717) is 12.1 Å². The molecule has 27 heavy (non-hydrogen) atoms. The predicted molar refractivity (Wildman–Crippen MR) is 101 cm³/mol. The number of carbonyl (C=O) groups is 3. The van der Waals surface area contributed by atoms with Gasteiger partial charge in [-0.1, -0.05) is 31.0 Å². The summed E-state index contributed by atoms with van der Waals surface area (Å²) in [4.78, 5) is 36.6. The second-order valence-corrected chi connectivity index (χ2v) is 6.84. The zero-order valence-electron chi connectivity index (χ0n) is 15.7. The Morgan fingerprint density at radius 2 is 1.93 bits per heavy atom. The van der Waals surface area contributed by atoms with Crippen LogP contribution in [0.2, 0.25) is 0 Å². The summed E-state index contributed by atoms with van der Waals surface area (Å²) in [6.45, 7) is 4.15. The molecule has 0 saturated heterocycles. The molecule has 1 atom stereocenters. The lowest BCUT2D eigenvalue weighted by Crippen LogP contribution is -2.47. The molecule has 1 fully saturated rings. The standard InChI is InChI=1S/C20H25N3O4/c1-3-23-12-16(15-10-6-7-11-17(15)23)19(25)27-13(2)18(24)22-20(26)21-14-8-4-5-9-14/h6-7,10-14H,3-5,8-9H2,1-2H3,(H2,21,22,24,26). The first-order valence-electron chi connectivity index (χ1n) is 9.39. The summed E-state index contributed by atoms with van der Waals surface area (Å²) in [5, 5.41) is 5.79. The number of amides is 3. The van der Waals surface area contributed by atoms with E-state index in [1.165, 1.54) is 6.92 Å². The third-order valence-corrected chi connectivity index (χ3v) is 4.93. The molecule has 1 aromatic heterocycles. The number of imide groups is 1. The van der Waals surface area contributed by atoms with Gasteiger partial charge in [0.05, 0.1) is 5.56 Å². The third-order valence-electron chi connectivity index (χ3n) is 4.93. The van der Waals surface area contributed by atoms with Crippen molar-refractivity contribution in [2.75, 3.05) is 0 Å². The summed E-state index contributed by atoms with van der Waals surface area (Å²) in [6, 6.07) is 7.09. The van der Waals surface area contributed by atoms with Gasteiger partial charge in [-0.05, 0) is 32.8 Å². The average Bonchev–Trinajstić information content (AvgIpc) is 3.28. The van der Waals surface area contributed by atoms with Crippen molar-refractivity contribution in [1.82, 2.24) is 15.2 Å². The Morgan fingerprint density at radius 1 is 1.22 bits per heavy atom. The smallest absolute Gasteiger partial charge is 0.341 e. The summed E-state index contributed by atoms with van der Waals surface area (Å²) in [5.41, 5.74) is 1.34. The average molecular weight is 371 g/mol. The molecule has 1 aliphatic rings. The fourth-order valence-corrected chi connectivity index (χ4v) is 3.45. The largest absolute Gasteiger partial charge is 0.449 e. The molecule has 2 aromatic rings. The number of rotatable bonds is 5. The van der Waals surface area contributed by atoms with Crippen LogP contribution in [0, 0.1) is 0 Å². The van der Waals surface area contributed by atoms with E-state index in [1.807, 2.05) is 35.8 Å². The van der Waals surface area contributed by atoms with E-state index >= 15 is 0 Å². The van der Waals surface area contributed by atoms with Crippen LogP contribution >= 0.6 is 0 Å². The van der Waals surface area contributed by atoms with E-state index in [4.69, 9.17) is 4.74 Å². The Hall–Kier alpha value is -2.83. The van der Waals surface area contributed by atoms with E-state index < -0.39 is 24.0 Å². The van der Waals surface area contributed by atoms with Gasteiger partial charge in [-0.25, -0.2) is 9.59 Å². The lowest BCUT2D eigenvalue weighted by molar-refractivity contribution is -0.127. The summed E-state index contributed by atoms with van der Waals surface area (Å²) in [7, 11) is 0. The summed E-state index contributed by atoms with van der Waals surface area (Å²) < 4.78 is 7.24. The van der Waals surface area contributed by atoms with Gasteiger partial charge in [0.1, 0.15) is 0 Å². The van der Waals surface area contributed by atoms with Gasteiger partial charge in [0.25, 0.3) is 5.91 Å². The highest BCUT2D eigenvalue weighted by atomic mass is 16.5. The molecule has 1 unspecified atom stereocenters. The molecule has 144 valence electrons. The maximum Gasteiger partial charge on any atom is 0.341 e. The van der Waals surface area contributed by atoms with Crippen molar-refractivity contribution in [3.8, 4) is 0 Å². The minimum absolute atomic E-state index is 0.107. The van der Waals surface area contributed by atoms with Crippen molar-refractivity contribution >= 4 is 28.8 Å². The van der Waals surface area contributed by atoms with Crippen LogP contribution in [0.4, 0.5) is 4.79 Å². The maximum atomic E-state index is 12.6. The number of aromatic nitrogens is 1. The number of urea groups is 1. The molecule has 0 aliphatic heterocycles. The van der Waals surface area contributed by atoms with Crippen LogP contribution in [0.1, 0.15) is 49.9 Å². The van der Waals surface area contributed by atoms with E-state index in [2.05, 4.69) is 10.6 Å². The fourth-order valence-electron chi connectivity index (χ4n) is 3.45. The van der Waals surface area contributed by atoms with Gasteiger partial charge in [-0.3, -0.25) is 10.1 Å². The number of ether oxygens (including phenoxy) is 1. The molecule has 0 bridgehead atoms. The van der Waals surface area contributed by atoms with Gasteiger partial charge in [-0.2, -0.15) is 0 Å². The first kappa shape index (κ1) is 18.9. The van der Waals surface area contributed by atoms with Crippen LogP contribution in [-0.2, 0) is 16.1 Å². The number of nitrogens with zero attached hydrogens (tertiary/aromatic N) is 1. The molecule has 7 heteroatoms. The molecule has 7 nitrogen and oxygen atoms in total. The number of hydrogen-bond donors (Lipinski definition) is 2. The van der Waals surface area contributed by atoms with Gasteiger partial charge in [0.2, 0.25) is 0 Å². The predicted octanol–water partition coefficient (Wildman–Crippen LogP) is 2.97. The van der Waals surface area contributed by atoms with Gasteiger partial charge in [0, 0.05) is 29.7 Å². The van der Waals surface area contributed by atoms with Crippen molar-refractivity contribution in [1.29, 1.82) is 0 Å². The van der Waals surface area contributed by atoms with Crippen molar-refractivity contribution < 1.29 is 19.1 Å². The Bertz CT molecular complexity index is 852. The van der Waals surface area contributed by atoms with Crippen molar-refractivity contribution in [2.24, 2.45) is 0 Å². The molecule has 3 rings (SSSR count). The monoisotopic (exact) mass is 371 g/mol. The second-order valence-electron chi connectivity index (χ2n) is 6.84. The topological polar surface area (TPSA) is 89.4 Å². The highest BCUT2D eigenvalue weighted by Gasteiger charge is 2.24. The minimum Gasteiger partial charge on any atom is -0.449 e. The molecule has 1 heterocycles. The third kappa shape index (κ3) is 4.30. The quantitative estimate of drug-likeness (QED) is 0.791. The zero-order chi connectivity index (χ0) is 19.4. The van der Waals surface area contributed by atoms with Gasteiger partial charge in [0.15, 0.2) is 6.10 Å². The van der Waals surface area contributed by atoms with Crippen molar-refractivity contribution in [3.63, 3.8) is 0 Å². The van der Waals surface area contributed by atoms with Crippen LogP contribution < -0.4 is 10.6 Å². The second kappa shape index (κ2) is 8.24. The van der Waals surface area contributed by atoms with Crippen molar-refractivity contribution in [3.05, 3.63) is 36.0 Å². The summed E-state index contributed by atoms with van der Waals surface area (Å²) in [5.74, 6) is -1.23. The van der Waals surface area contributed by atoms with E-state index in [1.54, 1.807) is 6.20 Å². The Balaban J connectivity index is 1.61. The van der Waals surface area contributed by atoms with E-state index in [9.17, 15) is 14.4 Å². The Labute approximate surface area is 158 Å². The van der Waals surface area contributed by atoms with Crippen LogP contribution in [0.15, 0.2) is 30.5 Å². The van der Waals surface area contributed by atoms with E-state index in [0.717, 1.165) is 36.6 Å². The number of carbonyl (C=O) groups excluding carboxylic acids is 3. The van der Waals surface area contributed by atoms with Crippen LogP contribution in [-0.4, -0.2) is 34.6 Å². The number of hydrogen-bond acceptors (Lipinski definition) is 4. The maximum absolute atomic E-state index is 12.6. The molecule has 1 aromatic carbocycles. The highest BCUT2D eigenvalue weighted by Crippen LogP contribution is 2.22. The van der Waals surface area contributed by atoms with Crippen LogP contribution in [0.5, 0.6) is 0 Å². The molecule has 3 amide bonds. The van der Waals surface area contributed by atoms with E-state index in [-0.39, 0.29) is 6.04 Å². The zero-order valence-corrected chi connectivity index (χ0v) is 15.7. The van der Waals surface area contributed by atoms with Gasteiger partial charge in [-0.15, -0.1) is 0 Å². The molecule has 0 radical (unpaired) electrons. The number of fused-ring (bicyclic) bond motifs is 1. The molecule has 0 spiro atoms. The van der Waals surface area contributed by atoms with Crippen molar-refractivity contribution in [2.45, 2.75) is 58.2 Å². The lowest BCUT2D eigenvalue weighted by Gasteiger charge is -2.15. The molecular weight excluding hydrogens is 346 g/mol. The Kier molecular flexibility index (Phi) is 5.78. The molecule has 2 N–H and O–H groups in total. The highest BCUT2D eigenvalue weighted by molar-refractivity contribution is 6.05. The first-order valence-corrected chi connectivity index (χ1v) is 9.39. The molecular formula is C20H25N3O4.